The van der Waals surface area contributed by atoms with Crippen LogP contribution in [-0.2, 0) is 11.8 Å². The van der Waals surface area contributed by atoms with Crippen molar-refractivity contribution in [3.05, 3.63) is 16.0 Å². The van der Waals surface area contributed by atoms with E-state index in [-0.39, 0.29) is 5.41 Å². The average Bonchev–Trinajstić information content (AvgIpc) is 2.63. The number of anilines is 1. The number of nitrogens with zero attached hydrogens (tertiary/aromatic N) is 1. The Morgan fingerprint density at radius 3 is 2.39 bits per heavy atom. The molecule has 1 aliphatic carbocycles. The normalized spacial score (nSPS) is 17.8. The molecule has 0 spiro atoms. The lowest BCUT2D eigenvalue weighted by Gasteiger charge is -2.45. The van der Waals surface area contributed by atoms with Gasteiger partial charge in [-0.15, -0.1) is 11.3 Å². The van der Waals surface area contributed by atoms with Gasteiger partial charge in [-0.2, -0.15) is 5.26 Å². The Morgan fingerprint density at radius 1 is 1.28 bits per heavy atom. The van der Waals surface area contributed by atoms with Crippen LogP contribution in [0.15, 0.2) is 0 Å². The van der Waals surface area contributed by atoms with Crippen LogP contribution in [0.25, 0.3) is 0 Å². The first-order chi connectivity index (χ1) is 8.45. The van der Waals surface area contributed by atoms with Crippen molar-refractivity contribution in [3.63, 3.8) is 0 Å². The summed E-state index contributed by atoms with van der Waals surface area (Å²) in [6, 6.07) is 2.35. The summed E-state index contributed by atoms with van der Waals surface area (Å²) in [6.07, 6.45) is 3.49. The molecule has 1 aromatic heterocycles. The van der Waals surface area contributed by atoms with Crippen LogP contribution in [0, 0.1) is 23.2 Å². The van der Waals surface area contributed by atoms with E-state index < -0.39 is 0 Å². The summed E-state index contributed by atoms with van der Waals surface area (Å²) >= 11 is 1.63. The van der Waals surface area contributed by atoms with E-state index in [9.17, 15) is 5.26 Å². The van der Waals surface area contributed by atoms with Gasteiger partial charge in [-0.05, 0) is 36.7 Å². The van der Waals surface area contributed by atoms with E-state index >= 15 is 0 Å². The van der Waals surface area contributed by atoms with Gasteiger partial charge in [0.05, 0.1) is 5.56 Å². The van der Waals surface area contributed by atoms with Crippen LogP contribution < -0.4 is 5.73 Å². The lowest BCUT2D eigenvalue weighted by molar-refractivity contribution is 0.187. The first kappa shape index (κ1) is 13.4. The fourth-order valence-corrected chi connectivity index (χ4v) is 4.92. The Morgan fingerprint density at radius 2 is 1.89 bits per heavy atom. The topological polar surface area (TPSA) is 49.8 Å². The molecule has 1 aromatic rings. The fourth-order valence-electron chi connectivity index (χ4n) is 3.76. The summed E-state index contributed by atoms with van der Waals surface area (Å²) in [5, 5.41) is 10.2. The van der Waals surface area contributed by atoms with E-state index in [2.05, 4.69) is 33.8 Å². The predicted molar refractivity (Wildman–Crippen MR) is 77.7 cm³/mol. The standard InChI is InChI=1S/C15H22N2S/c1-9(2)15(10(3)4)7-5-6-12-13(15)11(8-16)14(17)18-12/h9-10H,5-7,17H2,1-4H3. The Kier molecular flexibility index (Phi) is 3.42. The third-order valence-corrected chi connectivity index (χ3v) is 5.72. The lowest BCUT2D eigenvalue weighted by atomic mass is 9.59. The monoisotopic (exact) mass is 262 g/mol. The van der Waals surface area contributed by atoms with E-state index in [1.54, 1.807) is 11.3 Å². The zero-order valence-corrected chi connectivity index (χ0v) is 12.5. The number of hydrogen-bond donors (Lipinski definition) is 1. The summed E-state index contributed by atoms with van der Waals surface area (Å²) < 4.78 is 0. The van der Waals surface area contributed by atoms with Crippen LogP contribution in [0.2, 0.25) is 0 Å². The number of nitrogen functional groups attached to an aromatic ring is 1. The van der Waals surface area contributed by atoms with Crippen LogP contribution in [-0.4, -0.2) is 0 Å². The highest BCUT2D eigenvalue weighted by Crippen LogP contribution is 2.52. The molecule has 3 heteroatoms. The SMILES string of the molecule is CC(C)C1(C(C)C)CCCc2sc(N)c(C#N)c21. The highest BCUT2D eigenvalue weighted by molar-refractivity contribution is 7.16. The number of hydrogen-bond acceptors (Lipinski definition) is 3. The van der Waals surface area contributed by atoms with Crippen LogP contribution in [0.1, 0.15) is 56.5 Å². The van der Waals surface area contributed by atoms with Gasteiger partial charge in [0, 0.05) is 10.3 Å². The molecule has 0 fully saturated rings. The molecule has 0 aromatic carbocycles. The molecule has 0 saturated carbocycles. The molecule has 1 aliphatic rings. The fraction of sp³-hybridized carbons (Fsp3) is 0.667. The summed E-state index contributed by atoms with van der Waals surface area (Å²) in [6.45, 7) is 9.13. The molecule has 98 valence electrons. The van der Waals surface area contributed by atoms with E-state index in [1.165, 1.54) is 23.3 Å². The molecular weight excluding hydrogens is 240 g/mol. The quantitative estimate of drug-likeness (QED) is 0.872. The maximum absolute atomic E-state index is 9.44. The summed E-state index contributed by atoms with van der Waals surface area (Å²) in [7, 11) is 0. The smallest absolute Gasteiger partial charge is 0.104 e. The third kappa shape index (κ3) is 1.66. The van der Waals surface area contributed by atoms with Crippen LogP contribution in [0.4, 0.5) is 5.00 Å². The second-order valence-electron chi connectivity index (χ2n) is 5.95. The van der Waals surface area contributed by atoms with Crippen molar-refractivity contribution in [1.29, 1.82) is 5.26 Å². The van der Waals surface area contributed by atoms with E-state index in [0.29, 0.717) is 11.8 Å². The number of thiophene rings is 1. The van der Waals surface area contributed by atoms with Crippen molar-refractivity contribution < 1.29 is 0 Å². The van der Waals surface area contributed by atoms with Crippen molar-refractivity contribution in [2.75, 3.05) is 5.73 Å². The van der Waals surface area contributed by atoms with Crippen LogP contribution in [0.3, 0.4) is 0 Å². The molecule has 1 heterocycles. The Bertz CT molecular complexity index is 483. The minimum Gasteiger partial charge on any atom is -0.389 e. The van der Waals surface area contributed by atoms with Gasteiger partial charge in [0.2, 0.25) is 0 Å². The molecular formula is C15H22N2S. The van der Waals surface area contributed by atoms with E-state index in [1.807, 2.05) is 0 Å². The molecule has 0 saturated heterocycles. The predicted octanol–water partition coefficient (Wildman–Crippen LogP) is 4.09. The zero-order valence-electron chi connectivity index (χ0n) is 11.7. The molecule has 0 aliphatic heterocycles. The van der Waals surface area contributed by atoms with Gasteiger partial charge in [-0.25, -0.2) is 0 Å². The second-order valence-corrected chi connectivity index (χ2v) is 7.09. The summed E-state index contributed by atoms with van der Waals surface area (Å²) in [5.74, 6) is 1.08. The van der Waals surface area contributed by atoms with Crippen LogP contribution >= 0.6 is 11.3 Å². The molecule has 2 nitrogen and oxygen atoms in total. The first-order valence-electron chi connectivity index (χ1n) is 6.76. The van der Waals surface area contributed by atoms with Crippen LogP contribution in [0.5, 0.6) is 0 Å². The van der Waals surface area contributed by atoms with Crippen molar-refractivity contribution in [2.24, 2.45) is 11.8 Å². The second kappa shape index (κ2) is 4.59. The summed E-state index contributed by atoms with van der Waals surface area (Å²) in [5.41, 5.74) is 8.22. The van der Waals surface area contributed by atoms with Gasteiger partial charge in [-0.3, -0.25) is 0 Å². The first-order valence-corrected chi connectivity index (χ1v) is 7.58. The molecule has 0 amide bonds. The minimum atomic E-state index is 0.132. The van der Waals surface area contributed by atoms with Gasteiger partial charge in [0.25, 0.3) is 0 Å². The highest BCUT2D eigenvalue weighted by Gasteiger charge is 2.45. The molecule has 2 N–H and O–H groups in total. The Balaban J connectivity index is 2.73. The zero-order chi connectivity index (χ0) is 13.5. The van der Waals surface area contributed by atoms with Crippen molar-refractivity contribution in [3.8, 4) is 6.07 Å². The van der Waals surface area contributed by atoms with Gasteiger partial charge < -0.3 is 5.73 Å². The van der Waals surface area contributed by atoms with Gasteiger partial charge in [0.1, 0.15) is 11.1 Å². The van der Waals surface area contributed by atoms with Gasteiger partial charge in [-0.1, -0.05) is 27.7 Å². The lowest BCUT2D eigenvalue weighted by Crippen LogP contribution is -2.41. The van der Waals surface area contributed by atoms with E-state index in [4.69, 9.17) is 5.73 Å². The maximum atomic E-state index is 9.44. The number of rotatable bonds is 2. The number of fused-ring (bicyclic) bond motifs is 1. The third-order valence-electron chi connectivity index (χ3n) is 4.64. The number of nitriles is 1. The van der Waals surface area contributed by atoms with Gasteiger partial charge >= 0.3 is 0 Å². The number of nitrogens with two attached hydrogens (primary N) is 1. The highest BCUT2D eigenvalue weighted by atomic mass is 32.1. The molecule has 18 heavy (non-hydrogen) atoms. The van der Waals surface area contributed by atoms with Crippen molar-refractivity contribution in [2.45, 2.75) is 52.4 Å². The Labute approximate surface area is 114 Å². The minimum absolute atomic E-state index is 0.132. The average molecular weight is 262 g/mol. The van der Waals surface area contributed by atoms with E-state index in [0.717, 1.165) is 17.0 Å². The molecule has 0 radical (unpaired) electrons. The molecule has 0 unspecified atom stereocenters. The van der Waals surface area contributed by atoms with Gasteiger partial charge in [0.15, 0.2) is 0 Å². The molecule has 0 bridgehead atoms. The molecule has 0 atom stereocenters. The van der Waals surface area contributed by atoms with Crippen molar-refractivity contribution in [1.82, 2.24) is 0 Å². The van der Waals surface area contributed by atoms with Crippen molar-refractivity contribution >= 4 is 16.3 Å². The molecule has 2 rings (SSSR count). The summed E-state index contributed by atoms with van der Waals surface area (Å²) in [4.78, 5) is 1.36. The Hall–Kier alpha value is -1.01. The largest absolute Gasteiger partial charge is 0.389 e. The maximum Gasteiger partial charge on any atom is 0.104 e. The number of aryl methyl sites for hydroxylation is 1.